The van der Waals surface area contributed by atoms with E-state index in [1.165, 1.54) is 0 Å². The Balaban J connectivity index is 2.60. The molecular weight excluding hydrogens is 204 g/mol. The molecule has 0 saturated heterocycles. The summed E-state index contributed by atoms with van der Waals surface area (Å²) in [5, 5.41) is 14.2. The number of methoxy groups -OCH3 is 1. The molecule has 0 saturated carbocycles. The molecule has 1 aromatic heterocycles. The minimum Gasteiger partial charge on any atom is -0.388 e. The van der Waals surface area contributed by atoms with Gasteiger partial charge in [-0.15, -0.1) is 0 Å². The van der Waals surface area contributed by atoms with E-state index in [9.17, 15) is 5.11 Å². The third-order valence-electron chi connectivity index (χ3n) is 3.20. The van der Waals surface area contributed by atoms with Gasteiger partial charge in [0.2, 0.25) is 0 Å². The van der Waals surface area contributed by atoms with Crippen LogP contribution < -0.4 is 0 Å². The standard InChI is InChI=1S/C12H22N2O2/c1-9-10(8-13-14(9)4)11(15)6-7-12(2,3)16-5/h8,11,15H,6-7H2,1-5H3. The number of hydrogen-bond donors (Lipinski definition) is 1. The molecule has 1 heterocycles. The summed E-state index contributed by atoms with van der Waals surface area (Å²) in [6.45, 7) is 6.01. The molecule has 0 bridgehead atoms. The van der Waals surface area contributed by atoms with Gasteiger partial charge in [-0.3, -0.25) is 4.68 Å². The van der Waals surface area contributed by atoms with Crippen LogP contribution in [0.15, 0.2) is 6.20 Å². The average molecular weight is 226 g/mol. The lowest BCUT2D eigenvalue weighted by Gasteiger charge is -2.24. The number of hydrogen-bond acceptors (Lipinski definition) is 3. The molecule has 0 amide bonds. The molecule has 0 aliphatic rings. The number of nitrogens with zero attached hydrogens (tertiary/aromatic N) is 2. The Morgan fingerprint density at radius 1 is 1.56 bits per heavy atom. The van der Waals surface area contributed by atoms with Crippen LogP contribution in [0.3, 0.4) is 0 Å². The summed E-state index contributed by atoms with van der Waals surface area (Å²) >= 11 is 0. The SMILES string of the molecule is COC(C)(C)CCC(O)c1cnn(C)c1C. The highest BCUT2D eigenvalue weighted by molar-refractivity contribution is 5.18. The molecule has 0 radical (unpaired) electrons. The van der Waals surface area contributed by atoms with E-state index in [0.29, 0.717) is 6.42 Å². The number of aliphatic hydroxyl groups excluding tert-OH is 1. The fourth-order valence-electron chi connectivity index (χ4n) is 1.58. The molecule has 0 fully saturated rings. The quantitative estimate of drug-likeness (QED) is 0.835. The van der Waals surface area contributed by atoms with Gasteiger partial charge in [-0.25, -0.2) is 0 Å². The third-order valence-corrected chi connectivity index (χ3v) is 3.20. The molecule has 92 valence electrons. The molecule has 1 atom stereocenters. The number of aliphatic hydroxyl groups is 1. The van der Waals surface area contributed by atoms with Crippen molar-refractivity contribution in [1.82, 2.24) is 9.78 Å². The number of aryl methyl sites for hydroxylation is 1. The maximum atomic E-state index is 10.1. The van der Waals surface area contributed by atoms with Crippen molar-refractivity contribution in [2.45, 2.75) is 45.3 Å². The Kier molecular flexibility index (Phi) is 4.10. The van der Waals surface area contributed by atoms with Crippen LogP contribution in [0, 0.1) is 6.92 Å². The Hall–Kier alpha value is -0.870. The summed E-state index contributed by atoms with van der Waals surface area (Å²) in [4.78, 5) is 0. The predicted octanol–water partition coefficient (Wildman–Crippen LogP) is 1.97. The molecular formula is C12H22N2O2. The van der Waals surface area contributed by atoms with Gasteiger partial charge in [0.15, 0.2) is 0 Å². The van der Waals surface area contributed by atoms with Crippen LogP contribution in [0.4, 0.5) is 0 Å². The highest BCUT2D eigenvalue weighted by Crippen LogP contribution is 2.25. The topological polar surface area (TPSA) is 47.3 Å². The van der Waals surface area contributed by atoms with E-state index in [2.05, 4.69) is 5.10 Å². The van der Waals surface area contributed by atoms with Crippen LogP contribution >= 0.6 is 0 Å². The summed E-state index contributed by atoms with van der Waals surface area (Å²) < 4.78 is 7.11. The first kappa shape index (κ1) is 13.2. The van der Waals surface area contributed by atoms with Crippen LogP contribution in [0.1, 0.15) is 44.1 Å². The van der Waals surface area contributed by atoms with Crippen molar-refractivity contribution < 1.29 is 9.84 Å². The van der Waals surface area contributed by atoms with Crippen molar-refractivity contribution in [1.29, 1.82) is 0 Å². The van der Waals surface area contributed by atoms with Gasteiger partial charge >= 0.3 is 0 Å². The summed E-state index contributed by atoms with van der Waals surface area (Å²) in [5.74, 6) is 0. The second-order valence-electron chi connectivity index (χ2n) is 4.83. The lowest BCUT2D eigenvalue weighted by molar-refractivity contribution is 0.00272. The van der Waals surface area contributed by atoms with Crippen LogP contribution in [0.5, 0.6) is 0 Å². The minimum absolute atomic E-state index is 0.183. The zero-order valence-electron chi connectivity index (χ0n) is 10.8. The van der Waals surface area contributed by atoms with E-state index in [-0.39, 0.29) is 5.60 Å². The van der Waals surface area contributed by atoms with Gasteiger partial charge in [0.1, 0.15) is 0 Å². The summed E-state index contributed by atoms with van der Waals surface area (Å²) in [6, 6.07) is 0. The molecule has 1 aromatic rings. The normalized spacial score (nSPS) is 14.1. The van der Waals surface area contributed by atoms with Gasteiger partial charge in [0.05, 0.1) is 17.9 Å². The van der Waals surface area contributed by atoms with Crippen LogP contribution in [0.2, 0.25) is 0 Å². The second-order valence-corrected chi connectivity index (χ2v) is 4.83. The molecule has 4 nitrogen and oxygen atoms in total. The summed E-state index contributed by atoms with van der Waals surface area (Å²) in [5.41, 5.74) is 1.74. The number of ether oxygens (including phenoxy) is 1. The highest BCUT2D eigenvalue weighted by atomic mass is 16.5. The van der Waals surface area contributed by atoms with Crippen molar-refractivity contribution in [3.63, 3.8) is 0 Å². The number of rotatable bonds is 5. The molecule has 1 unspecified atom stereocenters. The zero-order chi connectivity index (χ0) is 12.3. The monoisotopic (exact) mass is 226 g/mol. The fraction of sp³-hybridized carbons (Fsp3) is 0.750. The van der Waals surface area contributed by atoms with E-state index < -0.39 is 6.10 Å². The molecule has 4 heteroatoms. The van der Waals surface area contributed by atoms with Gasteiger partial charge in [-0.2, -0.15) is 5.10 Å². The van der Waals surface area contributed by atoms with E-state index in [1.54, 1.807) is 18.0 Å². The lowest BCUT2D eigenvalue weighted by atomic mass is 9.97. The molecule has 1 rings (SSSR count). The Morgan fingerprint density at radius 3 is 2.62 bits per heavy atom. The van der Waals surface area contributed by atoms with Crippen LogP contribution in [-0.4, -0.2) is 27.6 Å². The Morgan fingerprint density at radius 2 is 2.19 bits per heavy atom. The van der Waals surface area contributed by atoms with Crippen molar-refractivity contribution in [2.75, 3.05) is 7.11 Å². The third kappa shape index (κ3) is 3.06. The second kappa shape index (κ2) is 4.97. The lowest BCUT2D eigenvalue weighted by Crippen LogP contribution is -2.23. The molecule has 0 spiro atoms. The van der Waals surface area contributed by atoms with Crippen LogP contribution in [-0.2, 0) is 11.8 Å². The van der Waals surface area contributed by atoms with Crippen LogP contribution in [0.25, 0.3) is 0 Å². The van der Waals surface area contributed by atoms with Gasteiger partial charge < -0.3 is 9.84 Å². The van der Waals surface area contributed by atoms with Gasteiger partial charge in [-0.05, 0) is 33.6 Å². The minimum atomic E-state index is -0.455. The van der Waals surface area contributed by atoms with E-state index in [1.807, 2.05) is 27.8 Å². The van der Waals surface area contributed by atoms with E-state index in [4.69, 9.17) is 4.74 Å². The number of aromatic nitrogens is 2. The molecule has 0 aliphatic carbocycles. The molecule has 16 heavy (non-hydrogen) atoms. The molecule has 0 aliphatic heterocycles. The summed E-state index contributed by atoms with van der Waals surface area (Å²) in [7, 11) is 3.58. The fourth-order valence-corrected chi connectivity index (χ4v) is 1.58. The first-order valence-electron chi connectivity index (χ1n) is 5.59. The predicted molar refractivity (Wildman–Crippen MR) is 63.2 cm³/mol. The maximum absolute atomic E-state index is 10.1. The molecule has 1 N–H and O–H groups in total. The van der Waals surface area contributed by atoms with Crippen molar-refractivity contribution in [3.8, 4) is 0 Å². The van der Waals surface area contributed by atoms with Crippen molar-refractivity contribution in [3.05, 3.63) is 17.5 Å². The largest absolute Gasteiger partial charge is 0.388 e. The zero-order valence-corrected chi connectivity index (χ0v) is 10.8. The first-order valence-corrected chi connectivity index (χ1v) is 5.59. The maximum Gasteiger partial charge on any atom is 0.0824 e. The average Bonchev–Trinajstić information content (AvgIpc) is 2.57. The highest BCUT2D eigenvalue weighted by Gasteiger charge is 2.20. The Bertz CT molecular complexity index is 345. The van der Waals surface area contributed by atoms with Crippen molar-refractivity contribution >= 4 is 0 Å². The van der Waals surface area contributed by atoms with E-state index in [0.717, 1.165) is 17.7 Å². The smallest absolute Gasteiger partial charge is 0.0824 e. The van der Waals surface area contributed by atoms with Gasteiger partial charge in [0, 0.05) is 25.4 Å². The van der Waals surface area contributed by atoms with E-state index >= 15 is 0 Å². The van der Waals surface area contributed by atoms with Gasteiger partial charge in [0.25, 0.3) is 0 Å². The Labute approximate surface area is 97.2 Å². The summed E-state index contributed by atoms with van der Waals surface area (Å²) in [6.07, 6.45) is 2.79. The van der Waals surface area contributed by atoms with Crippen molar-refractivity contribution in [2.24, 2.45) is 7.05 Å². The first-order chi connectivity index (χ1) is 7.37. The molecule has 0 aromatic carbocycles. The van der Waals surface area contributed by atoms with Gasteiger partial charge in [-0.1, -0.05) is 0 Å².